The van der Waals surface area contributed by atoms with Crippen LogP contribution in [0.2, 0.25) is 0 Å². The van der Waals surface area contributed by atoms with Gasteiger partial charge in [-0.1, -0.05) is 39.0 Å². The number of ketones is 1. The molecule has 1 atom stereocenters. The molecule has 2 rings (SSSR count). The fraction of sp³-hybridized carbons (Fsp3) is 0.364. The number of nitrogens with one attached hydrogen (secondary N) is 1. The molecule has 2 aromatic carbocycles. The van der Waals surface area contributed by atoms with Crippen LogP contribution in [-0.4, -0.2) is 17.8 Å². The number of para-hydroxylation sites is 1. The van der Waals surface area contributed by atoms with Gasteiger partial charge in [-0.3, -0.25) is 9.59 Å². The Morgan fingerprint density at radius 3 is 2.27 bits per heavy atom. The zero-order chi connectivity index (χ0) is 19.3. The molecule has 4 heteroatoms. The average molecular weight is 353 g/mol. The van der Waals surface area contributed by atoms with Gasteiger partial charge in [0, 0.05) is 17.7 Å². The van der Waals surface area contributed by atoms with E-state index in [0.717, 1.165) is 16.8 Å². The summed E-state index contributed by atoms with van der Waals surface area (Å²) in [5.74, 6) is 0.761. The summed E-state index contributed by atoms with van der Waals surface area (Å²) in [5, 5.41) is 3.00. The average Bonchev–Trinajstić information content (AvgIpc) is 2.62. The second kappa shape index (κ2) is 8.65. The highest BCUT2D eigenvalue weighted by molar-refractivity contribution is 5.96. The van der Waals surface area contributed by atoms with Crippen LogP contribution in [0.25, 0.3) is 0 Å². The summed E-state index contributed by atoms with van der Waals surface area (Å²) in [7, 11) is 0. The van der Waals surface area contributed by atoms with E-state index in [-0.39, 0.29) is 11.7 Å². The molecule has 2 aromatic rings. The SMILES string of the molecule is CCC(=O)c1ccc(O[C@H](C)C(=O)Nc2c(C)cccc2C(C)C)cc1. The van der Waals surface area contributed by atoms with Gasteiger partial charge >= 0.3 is 0 Å². The Balaban J connectivity index is 2.08. The van der Waals surface area contributed by atoms with Crippen LogP contribution in [-0.2, 0) is 4.79 Å². The molecular weight excluding hydrogens is 326 g/mol. The minimum Gasteiger partial charge on any atom is -0.481 e. The van der Waals surface area contributed by atoms with Crippen molar-refractivity contribution in [1.29, 1.82) is 0 Å². The zero-order valence-electron chi connectivity index (χ0n) is 16.1. The molecule has 0 unspecified atom stereocenters. The molecule has 0 aromatic heterocycles. The molecule has 0 saturated carbocycles. The third-order valence-corrected chi connectivity index (χ3v) is 4.35. The minimum absolute atomic E-state index is 0.0862. The van der Waals surface area contributed by atoms with Gasteiger partial charge in [0.25, 0.3) is 5.91 Å². The van der Waals surface area contributed by atoms with Gasteiger partial charge in [-0.15, -0.1) is 0 Å². The molecule has 0 radical (unpaired) electrons. The highest BCUT2D eigenvalue weighted by Gasteiger charge is 2.18. The van der Waals surface area contributed by atoms with Gasteiger partial charge in [0.2, 0.25) is 0 Å². The van der Waals surface area contributed by atoms with Crippen molar-refractivity contribution in [3.05, 3.63) is 59.2 Å². The summed E-state index contributed by atoms with van der Waals surface area (Å²) in [6.45, 7) is 9.73. The van der Waals surface area contributed by atoms with Crippen molar-refractivity contribution in [2.75, 3.05) is 5.32 Å². The first kappa shape index (κ1) is 19.7. The number of hydrogen-bond donors (Lipinski definition) is 1. The molecule has 0 aliphatic carbocycles. The van der Waals surface area contributed by atoms with Gasteiger partial charge in [-0.05, 0) is 55.2 Å². The van der Waals surface area contributed by atoms with Crippen molar-refractivity contribution in [1.82, 2.24) is 0 Å². The number of benzene rings is 2. The molecule has 0 spiro atoms. The molecule has 1 amide bonds. The second-order valence-electron chi connectivity index (χ2n) is 6.74. The number of ether oxygens (including phenoxy) is 1. The number of amides is 1. The summed E-state index contributed by atoms with van der Waals surface area (Å²) in [5.41, 5.74) is 3.64. The molecule has 138 valence electrons. The fourth-order valence-electron chi connectivity index (χ4n) is 2.75. The summed E-state index contributed by atoms with van der Waals surface area (Å²) >= 11 is 0. The van der Waals surface area contributed by atoms with E-state index in [4.69, 9.17) is 4.74 Å². The van der Waals surface area contributed by atoms with Gasteiger partial charge in [-0.2, -0.15) is 0 Å². The smallest absolute Gasteiger partial charge is 0.265 e. The van der Waals surface area contributed by atoms with Crippen molar-refractivity contribution < 1.29 is 14.3 Å². The van der Waals surface area contributed by atoms with Crippen LogP contribution in [0.4, 0.5) is 5.69 Å². The van der Waals surface area contributed by atoms with E-state index >= 15 is 0 Å². The fourth-order valence-corrected chi connectivity index (χ4v) is 2.75. The number of anilines is 1. The van der Waals surface area contributed by atoms with Crippen molar-refractivity contribution in [3.63, 3.8) is 0 Å². The summed E-state index contributed by atoms with van der Waals surface area (Å²) < 4.78 is 5.73. The summed E-state index contributed by atoms with van der Waals surface area (Å²) in [4.78, 5) is 24.2. The first-order chi connectivity index (χ1) is 12.3. The first-order valence-corrected chi connectivity index (χ1v) is 9.03. The van der Waals surface area contributed by atoms with Crippen LogP contribution >= 0.6 is 0 Å². The highest BCUT2D eigenvalue weighted by Crippen LogP contribution is 2.27. The number of aryl methyl sites for hydroxylation is 1. The normalized spacial score (nSPS) is 11.9. The Kier molecular flexibility index (Phi) is 6.56. The van der Waals surface area contributed by atoms with E-state index in [1.807, 2.05) is 32.0 Å². The summed E-state index contributed by atoms with van der Waals surface area (Å²) in [6, 6.07) is 12.9. The molecule has 1 N–H and O–H groups in total. The van der Waals surface area contributed by atoms with Gasteiger partial charge in [0.05, 0.1) is 0 Å². The number of hydrogen-bond acceptors (Lipinski definition) is 3. The van der Waals surface area contributed by atoms with Crippen molar-refractivity contribution in [3.8, 4) is 5.75 Å². The largest absolute Gasteiger partial charge is 0.481 e. The Bertz CT molecular complexity index is 778. The molecule has 0 aliphatic heterocycles. The van der Waals surface area contributed by atoms with Gasteiger partial charge in [-0.25, -0.2) is 0 Å². The molecule has 0 saturated heterocycles. The van der Waals surface area contributed by atoms with E-state index in [1.165, 1.54) is 0 Å². The first-order valence-electron chi connectivity index (χ1n) is 9.03. The molecule has 26 heavy (non-hydrogen) atoms. The van der Waals surface area contributed by atoms with Crippen molar-refractivity contribution in [2.24, 2.45) is 0 Å². The maximum absolute atomic E-state index is 12.6. The third-order valence-electron chi connectivity index (χ3n) is 4.35. The van der Waals surface area contributed by atoms with Gasteiger partial charge in [0.1, 0.15) is 5.75 Å². The standard InChI is InChI=1S/C22H27NO3/c1-6-20(24)17-10-12-18(13-11-17)26-16(5)22(25)23-21-15(4)8-7-9-19(21)14(2)3/h7-14,16H,6H2,1-5H3,(H,23,25)/t16-/m1/s1. The topological polar surface area (TPSA) is 55.4 Å². The molecule has 4 nitrogen and oxygen atoms in total. The molecular formula is C22H27NO3. The number of rotatable bonds is 7. The summed E-state index contributed by atoms with van der Waals surface area (Å²) in [6.07, 6.45) is -0.185. The molecule has 0 bridgehead atoms. The monoisotopic (exact) mass is 353 g/mol. The maximum Gasteiger partial charge on any atom is 0.265 e. The van der Waals surface area contributed by atoms with E-state index in [2.05, 4.69) is 19.2 Å². The van der Waals surface area contributed by atoms with Crippen LogP contribution < -0.4 is 10.1 Å². The van der Waals surface area contributed by atoms with Gasteiger partial charge < -0.3 is 10.1 Å². The van der Waals surface area contributed by atoms with E-state index in [0.29, 0.717) is 23.7 Å². The number of carbonyl (C=O) groups excluding carboxylic acids is 2. The van der Waals surface area contributed by atoms with Crippen molar-refractivity contribution in [2.45, 2.75) is 53.1 Å². The zero-order valence-corrected chi connectivity index (χ0v) is 16.1. The van der Waals surface area contributed by atoms with E-state index < -0.39 is 6.10 Å². The predicted octanol–water partition coefficient (Wildman–Crippen LogP) is 5.12. The lowest BCUT2D eigenvalue weighted by Gasteiger charge is -2.19. The third kappa shape index (κ3) is 4.72. The predicted molar refractivity (Wildman–Crippen MR) is 105 cm³/mol. The molecule has 0 fully saturated rings. The van der Waals surface area contributed by atoms with Crippen molar-refractivity contribution >= 4 is 17.4 Å². The van der Waals surface area contributed by atoms with Crippen LogP contribution in [0.1, 0.15) is 61.5 Å². The van der Waals surface area contributed by atoms with E-state index in [9.17, 15) is 9.59 Å². The Morgan fingerprint density at radius 1 is 1.04 bits per heavy atom. The number of Topliss-reactive ketones (excluding diaryl/α,β-unsaturated/α-hetero) is 1. The lowest BCUT2D eigenvalue weighted by molar-refractivity contribution is -0.122. The highest BCUT2D eigenvalue weighted by atomic mass is 16.5. The maximum atomic E-state index is 12.6. The lowest BCUT2D eigenvalue weighted by atomic mass is 9.98. The van der Waals surface area contributed by atoms with Crippen LogP contribution in [0, 0.1) is 6.92 Å². The van der Waals surface area contributed by atoms with Crippen LogP contribution in [0.3, 0.4) is 0 Å². The van der Waals surface area contributed by atoms with E-state index in [1.54, 1.807) is 31.2 Å². The van der Waals surface area contributed by atoms with Gasteiger partial charge in [0.15, 0.2) is 11.9 Å². The second-order valence-corrected chi connectivity index (χ2v) is 6.74. The lowest BCUT2D eigenvalue weighted by Crippen LogP contribution is -2.30. The van der Waals surface area contributed by atoms with Crippen LogP contribution in [0.15, 0.2) is 42.5 Å². The molecule has 0 heterocycles. The quantitative estimate of drug-likeness (QED) is 0.703. The minimum atomic E-state index is -0.651. The Morgan fingerprint density at radius 2 is 1.69 bits per heavy atom. The number of carbonyl (C=O) groups is 2. The Hall–Kier alpha value is -2.62. The molecule has 0 aliphatic rings. The Labute approximate surface area is 155 Å². The van der Waals surface area contributed by atoms with Crippen LogP contribution in [0.5, 0.6) is 5.75 Å².